The van der Waals surface area contributed by atoms with Crippen LogP contribution >= 0.6 is 0 Å². The first kappa shape index (κ1) is 16.9. The summed E-state index contributed by atoms with van der Waals surface area (Å²) in [5.41, 5.74) is 1.56. The highest BCUT2D eigenvalue weighted by molar-refractivity contribution is 5.95. The van der Waals surface area contributed by atoms with E-state index < -0.39 is 5.97 Å². The number of fused-ring (bicyclic) bond motifs is 1. The molecule has 0 amide bonds. The number of carbonyl (C=O) groups excluding carboxylic acids is 1. The van der Waals surface area contributed by atoms with Crippen molar-refractivity contribution in [1.82, 2.24) is 0 Å². The molecule has 0 aliphatic rings. The molecule has 0 aliphatic heterocycles. The maximum absolute atomic E-state index is 11.7. The van der Waals surface area contributed by atoms with Crippen molar-refractivity contribution < 1.29 is 23.4 Å². The van der Waals surface area contributed by atoms with Crippen LogP contribution in [0.4, 0.5) is 0 Å². The molecule has 0 radical (unpaired) electrons. The Morgan fingerprint density at radius 3 is 2.56 bits per heavy atom. The van der Waals surface area contributed by atoms with Crippen LogP contribution in [0.3, 0.4) is 0 Å². The summed E-state index contributed by atoms with van der Waals surface area (Å²) in [5, 5.41) is 0.701. The number of ether oxygens (including phenoxy) is 3. The molecule has 0 fully saturated rings. The fourth-order valence-corrected chi connectivity index (χ4v) is 2.48. The predicted octanol–water partition coefficient (Wildman–Crippen LogP) is 4.59. The van der Waals surface area contributed by atoms with Gasteiger partial charge in [0.2, 0.25) is 5.76 Å². The van der Waals surface area contributed by atoms with Crippen molar-refractivity contribution in [3.05, 3.63) is 59.9 Å². The van der Waals surface area contributed by atoms with Crippen LogP contribution in [0.15, 0.2) is 52.9 Å². The number of benzene rings is 2. The molecule has 5 nitrogen and oxygen atoms in total. The third-order valence-corrected chi connectivity index (χ3v) is 3.57. The summed E-state index contributed by atoms with van der Waals surface area (Å²) in [7, 11) is 1.32. The van der Waals surface area contributed by atoms with Crippen molar-refractivity contribution in [3.8, 4) is 11.5 Å². The van der Waals surface area contributed by atoms with Gasteiger partial charge in [-0.2, -0.15) is 0 Å². The highest BCUT2D eigenvalue weighted by Gasteiger charge is 2.17. The van der Waals surface area contributed by atoms with Crippen LogP contribution in [-0.4, -0.2) is 19.2 Å². The molecule has 0 saturated heterocycles. The van der Waals surface area contributed by atoms with Crippen molar-refractivity contribution in [1.29, 1.82) is 0 Å². The van der Waals surface area contributed by atoms with E-state index >= 15 is 0 Å². The lowest BCUT2D eigenvalue weighted by Gasteiger charge is -2.12. The first-order valence-electron chi connectivity index (χ1n) is 8.06. The van der Waals surface area contributed by atoms with Gasteiger partial charge >= 0.3 is 5.97 Å². The van der Waals surface area contributed by atoms with Crippen LogP contribution in [0.1, 0.15) is 30.0 Å². The Kier molecular flexibility index (Phi) is 4.93. The van der Waals surface area contributed by atoms with E-state index in [2.05, 4.69) is 0 Å². The number of furan rings is 1. The Hall–Kier alpha value is -2.95. The maximum atomic E-state index is 11.7. The van der Waals surface area contributed by atoms with Gasteiger partial charge in [0.1, 0.15) is 23.7 Å². The SMILES string of the molecule is COC(=O)c1cc2c(OCc3ccccc3)cc(OC(C)C)cc2o1. The van der Waals surface area contributed by atoms with Gasteiger partial charge in [-0.25, -0.2) is 4.79 Å². The van der Waals surface area contributed by atoms with Crippen LogP contribution in [0.5, 0.6) is 11.5 Å². The van der Waals surface area contributed by atoms with E-state index in [4.69, 9.17) is 18.6 Å². The van der Waals surface area contributed by atoms with E-state index in [9.17, 15) is 4.79 Å². The van der Waals surface area contributed by atoms with Crippen LogP contribution in [0, 0.1) is 0 Å². The van der Waals surface area contributed by atoms with Gasteiger partial charge in [0.05, 0.1) is 18.6 Å². The molecule has 0 N–H and O–H groups in total. The summed E-state index contributed by atoms with van der Waals surface area (Å²) < 4.78 is 22.0. The van der Waals surface area contributed by atoms with Gasteiger partial charge in [-0.3, -0.25) is 0 Å². The minimum absolute atomic E-state index is 0.00876. The Balaban J connectivity index is 1.97. The maximum Gasteiger partial charge on any atom is 0.373 e. The molecule has 0 aliphatic carbocycles. The Morgan fingerprint density at radius 2 is 1.88 bits per heavy atom. The quantitative estimate of drug-likeness (QED) is 0.615. The van der Waals surface area contributed by atoms with Crippen molar-refractivity contribution in [3.63, 3.8) is 0 Å². The number of esters is 1. The Bertz CT molecular complexity index is 864. The highest BCUT2D eigenvalue weighted by atomic mass is 16.5. The second kappa shape index (κ2) is 7.30. The van der Waals surface area contributed by atoms with Gasteiger partial charge in [0, 0.05) is 18.2 Å². The van der Waals surface area contributed by atoms with E-state index in [1.54, 1.807) is 12.1 Å². The lowest BCUT2D eigenvalue weighted by atomic mass is 10.2. The monoisotopic (exact) mass is 340 g/mol. The van der Waals surface area contributed by atoms with Crippen LogP contribution < -0.4 is 9.47 Å². The molecule has 3 aromatic rings. The van der Waals surface area contributed by atoms with Crippen molar-refractivity contribution in [2.75, 3.05) is 7.11 Å². The molecule has 0 spiro atoms. The van der Waals surface area contributed by atoms with Gasteiger partial charge in [-0.1, -0.05) is 30.3 Å². The molecule has 130 valence electrons. The molecule has 0 unspecified atom stereocenters. The van der Waals surface area contributed by atoms with Crippen molar-refractivity contribution >= 4 is 16.9 Å². The van der Waals surface area contributed by atoms with E-state index in [0.29, 0.717) is 29.1 Å². The summed E-state index contributed by atoms with van der Waals surface area (Å²) >= 11 is 0. The summed E-state index contributed by atoms with van der Waals surface area (Å²) in [6.07, 6.45) is 0.00876. The smallest absolute Gasteiger partial charge is 0.373 e. The van der Waals surface area contributed by atoms with Crippen molar-refractivity contribution in [2.24, 2.45) is 0 Å². The second-order valence-electron chi connectivity index (χ2n) is 5.88. The zero-order chi connectivity index (χ0) is 17.8. The molecule has 0 saturated carbocycles. The molecule has 5 heteroatoms. The average molecular weight is 340 g/mol. The third kappa shape index (κ3) is 3.94. The summed E-state index contributed by atoms with van der Waals surface area (Å²) in [6.45, 7) is 4.28. The van der Waals surface area contributed by atoms with E-state index in [-0.39, 0.29) is 11.9 Å². The number of methoxy groups -OCH3 is 1. The fourth-order valence-electron chi connectivity index (χ4n) is 2.48. The minimum Gasteiger partial charge on any atom is -0.491 e. The molecule has 25 heavy (non-hydrogen) atoms. The Morgan fingerprint density at radius 1 is 1.12 bits per heavy atom. The first-order chi connectivity index (χ1) is 12.1. The van der Waals surface area contributed by atoms with E-state index in [0.717, 1.165) is 5.56 Å². The van der Waals surface area contributed by atoms with Gasteiger partial charge in [0.15, 0.2) is 0 Å². The molecule has 0 bridgehead atoms. The fraction of sp³-hybridized carbons (Fsp3) is 0.250. The van der Waals surface area contributed by atoms with Gasteiger partial charge in [-0.15, -0.1) is 0 Å². The molecular formula is C20H20O5. The van der Waals surface area contributed by atoms with Gasteiger partial charge < -0.3 is 18.6 Å². The van der Waals surface area contributed by atoms with Crippen molar-refractivity contribution in [2.45, 2.75) is 26.6 Å². The lowest BCUT2D eigenvalue weighted by molar-refractivity contribution is 0.0567. The molecule has 1 aromatic heterocycles. The summed E-state index contributed by atoms with van der Waals surface area (Å²) in [5.74, 6) is 0.813. The second-order valence-corrected chi connectivity index (χ2v) is 5.88. The summed E-state index contributed by atoms with van der Waals surface area (Å²) in [6, 6.07) is 15.0. The predicted molar refractivity (Wildman–Crippen MR) is 94.1 cm³/mol. The zero-order valence-electron chi connectivity index (χ0n) is 14.4. The van der Waals surface area contributed by atoms with Gasteiger partial charge in [-0.05, 0) is 19.4 Å². The Labute approximate surface area is 146 Å². The largest absolute Gasteiger partial charge is 0.491 e. The van der Waals surface area contributed by atoms with E-state index in [1.165, 1.54) is 7.11 Å². The molecular weight excluding hydrogens is 320 g/mol. The minimum atomic E-state index is -0.531. The van der Waals surface area contributed by atoms with E-state index in [1.807, 2.05) is 50.2 Å². The topological polar surface area (TPSA) is 57.9 Å². The van der Waals surface area contributed by atoms with Gasteiger partial charge in [0.25, 0.3) is 0 Å². The molecule has 3 rings (SSSR count). The average Bonchev–Trinajstić information content (AvgIpc) is 3.03. The lowest BCUT2D eigenvalue weighted by Crippen LogP contribution is -2.05. The first-order valence-corrected chi connectivity index (χ1v) is 8.06. The number of hydrogen-bond donors (Lipinski definition) is 0. The number of rotatable bonds is 6. The number of carbonyl (C=O) groups is 1. The van der Waals surface area contributed by atoms with Crippen LogP contribution in [0.25, 0.3) is 11.0 Å². The van der Waals surface area contributed by atoms with Crippen LogP contribution in [-0.2, 0) is 11.3 Å². The normalized spacial score (nSPS) is 10.9. The molecule has 0 atom stereocenters. The zero-order valence-corrected chi connectivity index (χ0v) is 14.4. The summed E-state index contributed by atoms with van der Waals surface area (Å²) in [4.78, 5) is 11.7. The highest BCUT2D eigenvalue weighted by Crippen LogP contribution is 2.34. The standard InChI is InChI=1S/C20H20O5/c1-13(2)24-15-9-17(23-12-14-7-5-4-6-8-14)16-11-19(20(21)22-3)25-18(16)10-15/h4-11,13H,12H2,1-3H3. The third-order valence-electron chi connectivity index (χ3n) is 3.57. The van der Waals surface area contributed by atoms with Crippen LogP contribution in [0.2, 0.25) is 0 Å². The molecule has 1 heterocycles. The number of hydrogen-bond acceptors (Lipinski definition) is 5. The molecule has 2 aromatic carbocycles.